The molecule has 11 heavy (non-hydrogen) atoms. The first-order valence-electron chi connectivity index (χ1n) is 3.67. The molecule has 0 heterocycles. The average molecular weight is 243 g/mol. The number of unbranched alkanes of at least 4 members (excludes halogenated alkanes) is 2. The van der Waals surface area contributed by atoms with Crippen molar-refractivity contribution >= 4 is 32.2 Å². The summed E-state index contributed by atoms with van der Waals surface area (Å²) in [5.74, 6) is -0.707. The van der Waals surface area contributed by atoms with Gasteiger partial charge in [0.25, 0.3) is 0 Å². The van der Waals surface area contributed by atoms with Gasteiger partial charge in [0.05, 0.1) is 5.66 Å². The van der Waals surface area contributed by atoms with Crippen molar-refractivity contribution in [1.82, 2.24) is 0 Å². The molecule has 0 fully saturated rings. The fraction of sp³-hybridized carbons (Fsp3) is 0.857. The fourth-order valence-corrected chi connectivity index (χ4v) is 0.973. The summed E-state index contributed by atoms with van der Waals surface area (Å²) in [5, 5.41) is 8.46. The Bertz CT molecular complexity index is 109. The van der Waals surface area contributed by atoms with Gasteiger partial charge < -0.3 is 5.11 Å². The summed E-state index contributed by atoms with van der Waals surface area (Å²) in [7, 11) is 2.34. The lowest BCUT2D eigenvalue weighted by Crippen LogP contribution is -2.11. The van der Waals surface area contributed by atoms with Crippen molar-refractivity contribution < 1.29 is 9.90 Å². The number of carboxylic acid groups (broad SMARTS) is 1. The second-order valence-electron chi connectivity index (χ2n) is 2.44. The van der Waals surface area contributed by atoms with Crippen LogP contribution in [0.3, 0.4) is 0 Å². The van der Waals surface area contributed by atoms with Crippen molar-refractivity contribution in [3.8, 4) is 0 Å². The first kappa shape index (κ1) is 13.9. The smallest absolute Gasteiger partial charge is 0.310 e. The number of aliphatic carboxylic acids is 1. The lowest BCUT2D eigenvalue weighted by Gasteiger charge is -2.03. The number of carbonyl (C=O) groups is 1. The van der Waals surface area contributed by atoms with Crippen LogP contribution < -0.4 is 0 Å². The molecular weight excluding hydrogens is 227 g/mol. The van der Waals surface area contributed by atoms with E-state index in [0.717, 1.165) is 25.7 Å². The highest BCUT2D eigenvalue weighted by Crippen LogP contribution is 2.10. The molecular formula is C7H16BrO2P. The number of halogens is 1. The van der Waals surface area contributed by atoms with Gasteiger partial charge in [-0.05, 0) is 6.42 Å². The molecule has 0 aromatic rings. The monoisotopic (exact) mass is 242 g/mol. The minimum Gasteiger partial charge on any atom is -0.481 e. The Kier molecular flexibility index (Phi) is 10.7. The summed E-state index contributed by atoms with van der Waals surface area (Å²) in [6.07, 6.45) is 4.10. The Morgan fingerprint density at radius 2 is 2.09 bits per heavy atom. The Morgan fingerprint density at radius 1 is 1.55 bits per heavy atom. The van der Waals surface area contributed by atoms with E-state index in [0.29, 0.717) is 0 Å². The van der Waals surface area contributed by atoms with Crippen LogP contribution in [0.25, 0.3) is 0 Å². The van der Waals surface area contributed by atoms with E-state index < -0.39 is 5.97 Å². The molecule has 0 amide bonds. The highest BCUT2D eigenvalue weighted by atomic mass is 79.9. The summed E-state index contributed by atoms with van der Waals surface area (Å²) >= 11 is 0. The van der Waals surface area contributed by atoms with Crippen molar-refractivity contribution in [2.24, 2.45) is 0 Å². The highest BCUT2D eigenvalue weighted by molar-refractivity contribution is 8.93. The third-order valence-corrected chi connectivity index (χ3v) is 2.05. The average Bonchev–Trinajstić information content (AvgIpc) is 1.88. The molecule has 0 aliphatic carbocycles. The van der Waals surface area contributed by atoms with E-state index in [9.17, 15) is 4.79 Å². The highest BCUT2D eigenvalue weighted by Gasteiger charge is 2.08. The Balaban J connectivity index is 0. The van der Waals surface area contributed by atoms with Crippen molar-refractivity contribution in [1.29, 1.82) is 0 Å². The van der Waals surface area contributed by atoms with Gasteiger partial charge in [-0.3, -0.25) is 4.79 Å². The van der Waals surface area contributed by atoms with Crippen LogP contribution in [0.1, 0.15) is 32.6 Å². The Labute approximate surface area is 80.7 Å². The lowest BCUT2D eigenvalue weighted by atomic mass is 10.1. The number of hydrogen-bond donors (Lipinski definition) is 1. The molecule has 0 rings (SSSR count). The van der Waals surface area contributed by atoms with E-state index in [1.165, 1.54) is 0 Å². The fourth-order valence-electron chi connectivity index (χ4n) is 0.738. The third kappa shape index (κ3) is 8.28. The summed E-state index contributed by atoms with van der Waals surface area (Å²) < 4.78 is 0. The van der Waals surface area contributed by atoms with E-state index in [1.54, 1.807) is 0 Å². The predicted molar refractivity (Wildman–Crippen MR) is 55.6 cm³/mol. The van der Waals surface area contributed by atoms with Crippen LogP contribution in [0.4, 0.5) is 0 Å². The van der Waals surface area contributed by atoms with Crippen molar-refractivity contribution in [2.45, 2.75) is 38.3 Å². The Hall–Kier alpha value is 0.380. The zero-order valence-corrected chi connectivity index (χ0v) is 9.61. The van der Waals surface area contributed by atoms with Gasteiger partial charge >= 0.3 is 5.97 Å². The lowest BCUT2D eigenvalue weighted by molar-refractivity contribution is -0.136. The molecule has 0 spiro atoms. The minimum atomic E-state index is -0.707. The molecule has 2 nitrogen and oxygen atoms in total. The van der Waals surface area contributed by atoms with Crippen LogP contribution in [0.5, 0.6) is 0 Å². The maximum absolute atomic E-state index is 10.3. The van der Waals surface area contributed by atoms with Gasteiger partial charge in [-0.15, -0.1) is 26.2 Å². The molecule has 0 radical (unpaired) electrons. The maximum atomic E-state index is 10.3. The van der Waals surface area contributed by atoms with Gasteiger partial charge in [0, 0.05) is 0 Å². The molecule has 4 heteroatoms. The topological polar surface area (TPSA) is 37.3 Å². The second kappa shape index (κ2) is 8.48. The van der Waals surface area contributed by atoms with E-state index in [1.807, 2.05) is 0 Å². The normalized spacial score (nSPS) is 11.8. The SMILES string of the molecule is Br.CCCCCC(P)C(=O)O. The molecule has 68 valence electrons. The van der Waals surface area contributed by atoms with Crippen molar-refractivity contribution in [2.75, 3.05) is 0 Å². The van der Waals surface area contributed by atoms with Gasteiger partial charge in [0.2, 0.25) is 0 Å². The quantitative estimate of drug-likeness (QED) is 0.594. The first-order valence-corrected chi connectivity index (χ1v) is 4.33. The molecule has 0 aromatic carbocycles. The van der Waals surface area contributed by atoms with Crippen LogP contribution in [-0.4, -0.2) is 16.7 Å². The molecule has 2 atom stereocenters. The van der Waals surface area contributed by atoms with Gasteiger partial charge in [0.1, 0.15) is 0 Å². The standard InChI is InChI=1S/C7H15O2P.BrH/c1-2-3-4-5-6(10)7(8)9;/h6H,2-5,10H2,1H3,(H,8,9);1H. The van der Waals surface area contributed by atoms with Gasteiger partial charge in [-0.1, -0.05) is 26.2 Å². The molecule has 0 saturated heterocycles. The van der Waals surface area contributed by atoms with Crippen LogP contribution in [-0.2, 0) is 4.79 Å². The van der Waals surface area contributed by atoms with Gasteiger partial charge in [0.15, 0.2) is 0 Å². The van der Waals surface area contributed by atoms with E-state index in [2.05, 4.69) is 16.2 Å². The van der Waals surface area contributed by atoms with Crippen LogP contribution in [0.2, 0.25) is 0 Å². The molecule has 2 unspecified atom stereocenters. The van der Waals surface area contributed by atoms with Crippen LogP contribution in [0, 0.1) is 0 Å². The summed E-state index contributed by atoms with van der Waals surface area (Å²) in [4.78, 5) is 10.3. The van der Waals surface area contributed by atoms with Crippen molar-refractivity contribution in [3.05, 3.63) is 0 Å². The Morgan fingerprint density at radius 3 is 2.45 bits per heavy atom. The molecule has 1 N–H and O–H groups in total. The van der Waals surface area contributed by atoms with Gasteiger partial charge in [-0.25, -0.2) is 0 Å². The largest absolute Gasteiger partial charge is 0.481 e. The van der Waals surface area contributed by atoms with E-state index >= 15 is 0 Å². The number of rotatable bonds is 5. The maximum Gasteiger partial charge on any atom is 0.310 e. The van der Waals surface area contributed by atoms with E-state index in [-0.39, 0.29) is 22.6 Å². The van der Waals surface area contributed by atoms with E-state index in [4.69, 9.17) is 5.11 Å². The summed E-state index contributed by atoms with van der Waals surface area (Å²) in [5.41, 5.74) is -0.244. The van der Waals surface area contributed by atoms with Gasteiger partial charge in [-0.2, -0.15) is 0 Å². The zero-order valence-electron chi connectivity index (χ0n) is 6.75. The molecule has 0 aliphatic heterocycles. The zero-order chi connectivity index (χ0) is 7.98. The molecule has 0 saturated carbocycles. The van der Waals surface area contributed by atoms with Crippen LogP contribution in [0.15, 0.2) is 0 Å². The summed E-state index contributed by atoms with van der Waals surface area (Å²) in [6.45, 7) is 2.11. The first-order chi connectivity index (χ1) is 4.68. The minimum absolute atomic E-state index is 0. The predicted octanol–water partition coefficient (Wildman–Crippen LogP) is 2.47. The summed E-state index contributed by atoms with van der Waals surface area (Å²) in [6, 6.07) is 0. The molecule has 0 bridgehead atoms. The number of hydrogen-bond acceptors (Lipinski definition) is 1. The second-order valence-corrected chi connectivity index (χ2v) is 3.25. The number of carboxylic acids is 1. The van der Waals surface area contributed by atoms with Crippen molar-refractivity contribution in [3.63, 3.8) is 0 Å². The third-order valence-electron chi connectivity index (χ3n) is 1.44. The van der Waals surface area contributed by atoms with Crippen LogP contribution >= 0.6 is 26.2 Å². The molecule has 0 aliphatic rings. The molecule has 0 aromatic heterocycles.